The van der Waals surface area contributed by atoms with Crippen molar-refractivity contribution in [3.05, 3.63) is 35.9 Å². The highest BCUT2D eigenvalue weighted by Gasteiger charge is 2.27. The first-order valence-electron chi connectivity index (χ1n) is 32.7. The second-order valence-electron chi connectivity index (χ2n) is 23.2. The summed E-state index contributed by atoms with van der Waals surface area (Å²) in [4.78, 5) is 0. The van der Waals surface area contributed by atoms with E-state index >= 15 is 0 Å². The molecule has 0 fully saturated rings. The molecule has 0 heterocycles. The first-order valence-corrected chi connectivity index (χ1v) is 32.7. The number of unbranched alkanes of at least 4 members (excludes halogenated alkanes) is 51. The zero-order valence-corrected chi connectivity index (χ0v) is 47.8. The summed E-state index contributed by atoms with van der Waals surface area (Å²) in [6, 6.07) is 11.7. The molecule has 0 amide bonds. The van der Waals surface area contributed by atoms with Gasteiger partial charge in [-0.1, -0.05) is 359 Å². The number of benzene rings is 1. The minimum Gasteiger partial charge on any atom is -0.320 e. The van der Waals surface area contributed by atoms with E-state index < -0.39 is 0 Å². The van der Waals surface area contributed by atoms with Gasteiger partial charge < -0.3 is 4.48 Å². The summed E-state index contributed by atoms with van der Waals surface area (Å²) in [5.74, 6) is 0. The van der Waals surface area contributed by atoms with Crippen molar-refractivity contribution in [1.82, 2.24) is 0 Å². The Morgan fingerprint density at radius 2 is 0.368 bits per heavy atom. The molecule has 1 aromatic rings. The van der Waals surface area contributed by atoms with Crippen LogP contribution in [-0.4, -0.2) is 24.1 Å². The lowest BCUT2D eigenvalue weighted by Gasteiger charge is -2.39. The zero-order chi connectivity index (χ0) is 48.6. The monoisotopic (exact) mass is 949 g/mol. The van der Waals surface area contributed by atoms with Crippen molar-refractivity contribution in [2.24, 2.45) is 0 Å². The predicted molar refractivity (Wildman–Crippen MR) is 311 cm³/mol. The van der Waals surface area contributed by atoms with Crippen molar-refractivity contribution < 1.29 is 4.48 Å². The number of quaternary nitrogens is 1. The van der Waals surface area contributed by atoms with E-state index in [1.165, 1.54) is 377 Å². The summed E-state index contributed by atoms with van der Waals surface area (Å²) in [6.45, 7) is 12.5. The van der Waals surface area contributed by atoms with E-state index in [1.807, 2.05) is 0 Å². The van der Waals surface area contributed by atoms with E-state index in [0.717, 1.165) is 0 Å². The smallest absolute Gasteiger partial charge is 0.104 e. The van der Waals surface area contributed by atoms with Crippen LogP contribution in [0, 0.1) is 0 Å². The lowest BCUT2D eigenvalue weighted by Crippen LogP contribution is -2.49. The molecule has 0 atom stereocenters. The standard InChI is InChI=1S/C67H130N/c1-4-7-10-13-16-19-22-25-28-31-34-37-40-43-46-49-52-58-63-68(66-67-61-56-55-57-62-67,64-59-53-50-47-44-41-38-35-32-29-26-23-20-17-14-11-8-5-2)65-60-54-51-48-45-42-39-36-33-30-27-24-21-18-15-12-9-6-3/h55-57,61-62H,4-54,58-60,63-66H2,1-3H3/q+1. The first-order chi connectivity index (χ1) is 33.8. The van der Waals surface area contributed by atoms with Gasteiger partial charge in [0.15, 0.2) is 0 Å². The molecule has 0 radical (unpaired) electrons. The summed E-state index contributed by atoms with van der Waals surface area (Å²) in [5.41, 5.74) is 1.58. The summed E-state index contributed by atoms with van der Waals surface area (Å²) >= 11 is 0. The maximum atomic E-state index is 2.44. The minimum atomic E-state index is 1.26. The van der Waals surface area contributed by atoms with Crippen LogP contribution in [0.15, 0.2) is 30.3 Å². The van der Waals surface area contributed by atoms with E-state index in [9.17, 15) is 0 Å². The van der Waals surface area contributed by atoms with Crippen LogP contribution in [-0.2, 0) is 6.54 Å². The second-order valence-corrected chi connectivity index (χ2v) is 23.2. The fraction of sp³-hybridized carbons (Fsp3) is 0.910. The largest absolute Gasteiger partial charge is 0.320 e. The Hall–Kier alpha value is -0.820. The molecule has 0 aliphatic carbocycles. The molecule has 68 heavy (non-hydrogen) atoms. The van der Waals surface area contributed by atoms with Gasteiger partial charge in [-0.2, -0.15) is 0 Å². The molecule has 0 aromatic heterocycles. The molecule has 0 aliphatic heterocycles. The van der Waals surface area contributed by atoms with E-state index in [2.05, 4.69) is 51.1 Å². The van der Waals surface area contributed by atoms with Gasteiger partial charge in [0.1, 0.15) is 6.54 Å². The van der Waals surface area contributed by atoms with Crippen LogP contribution in [0.3, 0.4) is 0 Å². The number of rotatable bonds is 59. The third-order valence-corrected chi connectivity index (χ3v) is 16.3. The Kier molecular flexibility index (Phi) is 53.2. The summed E-state index contributed by atoms with van der Waals surface area (Å²) in [5, 5.41) is 0. The van der Waals surface area contributed by atoms with Crippen molar-refractivity contribution in [3.63, 3.8) is 0 Å². The van der Waals surface area contributed by atoms with E-state index in [1.54, 1.807) is 5.56 Å². The fourth-order valence-corrected chi connectivity index (χ4v) is 11.6. The first kappa shape index (κ1) is 65.2. The second kappa shape index (κ2) is 55.5. The SMILES string of the molecule is CCCCCCCCCCCCCCCCCCCC[N+](CCCCCCCCCCCCCCCCCCCC)(CCCCCCCCCCCCCCCCCCCC)Cc1ccccc1. The Labute approximate surface area is 432 Å². The highest BCUT2D eigenvalue weighted by molar-refractivity contribution is 5.13. The number of hydrogen-bond donors (Lipinski definition) is 0. The van der Waals surface area contributed by atoms with Gasteiger partial charge in [-0.25, -0.2) is 0 Å². The van der Waals surface area contributed by atoms with Gasteiger partial charge >= 0.3 is 0 Å². The molecule has 0 unspecified atom stereocenters. The Balaban J connectivity index is 2.42. The van der Waals surface area contributed by atoms with Crippen LogP contribution in [0.2, 0.25) is 0 Å². The predicted octanol–water partition coefficient (Wildman–Crippen LogP) is 24.1. The van der Waals surface area contributed by atoms with E-state index in [4.69, 9.17) is 0 Å². The maximum Gasteiger partial charge on any atom is 0.104 e. The summed E-state index contributed by atoms with van der Waals surface area (Å²) in [6.07, 6.45) is 79.1. The van der Waals surface area contributed by atoms with Crippen LogP contribution in [0.5, 0.6) is 0 Å². The third kappa shape index (κ3) is 47.5. The highest BCUT2D eigenvalue weighted by Crippen LogP contribution is 2.24. The molecule has 1 aromatic carbocycles. The topological polar surface area (TPSA) is 0 Å². The Morgan fingerprint density at radius 1 is 0.206 bits per heavy atom. The van der Waals surface area contributed by atoms with E-state index in [-0.39, 0.29) is 0 Å². The molecule has 0 spiro atoms. The van der Waals surface area contributed by atoms with Crippen LogP contribution in [0.25, 0.3) is 0 Å². The van der Waals surface area contributed by atoms with Crippen LogP contribution in [0.4, 0.5) is 0 Å². The normalized spacial score (nSPS) is 11.9. The lowest BCUT2D eigenvalue weighted by molar-refractivity contribution is -0.941. The van der Waals surface area contributed by atoms with Crippen molar-refractivity contribution in [2.75, 3.05) is 19.6 Å². The summed E-state index contributed by atoms with van der Waals surface area (Å²) in [7, 11) is 0. The average molecular weight is 950 g/mol. The van der Waals surface area contributed by atoms with Crippen LogP contribution >= 0.6 is 0 Å². The molecule has 1 heteroatoms. The van der Waals surface area contributed by atoms with Crippen LogP contribution in [0.1, 0.15) is 373 Å². The molecule has 402 valence electrons. The Bertz CT molecular complexity index is 933. The van der Waals surface area contributed by atoms with Gasteiger partial charge in [-0.15, -0.1) is 0 Å². The van der Waals surface area contributed by atoms with Gasteiger partial charge in [0, 0.05) is 5.56 Å². The van der Waals surface area contributed by atoms with Crippen molar-refractivity contribution in [1.29, 1.82) is 0 Å². The molecular weight excluding hydrogens is 819 g/mol. The van der Waals surface area contributed by atoms with Gasteiger partial charge in [0.05, 0.1) is 19.6 Å². The zero-order valence-electron chi connectivity index (χ0n) is 47.8. The molecule has 1 rings (SSSR count). The van der Waals surface area contributed by atoms with Crippen molar-refractivity contribution in [2.45, 2.75) is 374 Å². The molecule has 0 saturated heterocycles. The van der Waals surface area contributed by atoms with Gasteiger partial charge in [-0.05, 0) is 38.5 Å². The van der Waals surface area contributed by atoms with Gasteiger partial charge in [0.25, 0.3) is 0 Å². The molecule has 0 bridgehead atoms. The van der Waals surface area contributed by atoms with Gasteiger partial charge in [0.2, 0.25) is 0 Å². The lowest BCUT2D eigenvalue weighted by atomic mass is 10.0. The number of nitrogens with zero attached hydrogens (tertiary/aromatic N) is 1. The summed E-state index contributed by atoms with van der Waals surface area (Å²) < 4.78 is 1.36. The third-order valence-electron chi connectivity index (χ3n) is 16.3. The average Bonchev–Trinajstić information content (AvgIpc) is 3.35. The Morgan fingerprint density at radius 3 is 0.544 bits per heavy atom. The highest BCUT2D eigenvalue weighted by atomic mass is 15.3. The number of hydrogen-bond acceptors (Lipinski definition) is 0. The van der Waals surface area contributed by atoms with E-state index in [0.29, 0.717) is 0 Å². The quantitative estimate of drug-likeness (QED) is 0.0451. The fourth-order valence-electron chi connectivity index (χ4n) is 11.6. The van der Waals surface area contributed by atoms with Crippen LogP contribution < -0.4 is 0 Å². The molecule has 1 nitrogen and oxygen atoms in total. The minimum absolute atomic E-state index is 1.26. The molecule has 0 N–H and O–H groups in total. The van der Waals surface area contributed by atoms with Crippen molar-refractivity contribution in [3.8, 4) is 0 Å². The molecule has 0 aliphatic rings. The maximum absolute atomic E-state index is 2.44. The van der Waals surface area contributed by atoms with Crippen molar-refractivity contribution >= 4 is 0 Å². The molecular formula is C67H130N+. The molecule has 0 saturated carbocycles. The van der Waals surface area contributed by atoms with Gasteiger partial charge in [-0.3, -0.25) is 0 Å².